The lowest BCUT2D eigenvalue weighted by Crippen LogP contribution is -2.17. The highest BCUT2D eigenvalue weighted by molar-refractivity contribution is 4.73. The molecule has 0 saturated heterocycles. The van der Waals surface area contributed by atoms with Crippen LogP contribution in [0.4, 0.5) is 0 Å². The number of hydrogen-bond donors (Lipinski definition) is 1. The lowest BCUT2D eigenvalue weighted by molar-refractivity contribution is 0.548. The van der Waals surface area contributed by atoms with Gasteiger partial charge in [-0.1, -0.05) is 26.2 Å². The molecule has 0 aliphatic heterocycles. The first-order valence-corrected chi connectivity index (χ1v) is 6.60. The summed E-state index contributed by atoms with van der Waals surface area (Å²) >= 11 is 0. The summed E-state index contributed by atoms with van der Waals surface area (Å²) in [6.45, 7) is 5.69. The molecule has 0 fully saturated rings. The van der Waals surface area contributed by atoms with Crippen molar-refractivity contribution >= 4 is 0 Å². The highest BCUT2D eigenvalue weighted by atomic mass is 15.0. The van der Waals surface area contributed by atoms with Gasteiger partial charge in [0.1, 0.15) is 0 Å². The summed E-state index contributed by atoms with van der Waals surface area (Å²) in [4.78, 5) is 4.03. The zero-order valence-corrected chi connectivity index (χ0v) is 10.5. The fraction of sp³-hybridized carbons (Fsp3) is 0.769. The smallest absolute Gasteiger partial charge is 0.0945 e. The molecule has 1 aromatic rings. The number of aryl methyl sites for hydroxylation is 1. The van der Waals surface area contributed by atoms with Crippen molar-refractivity contribution in [2.75, 3.05) is 13.1 Å². The van der Waals surface area contributed by atoms with Crippen LogP contribution in [0.1, 0.15) is 45.4 Å². The molecular formula is C13H25N3. The zero-order valence-electron chi connectivity index (χ0n) is 10.5. The predicted molar refractivity (Wildman–Crippen MR) is 68.5 cm³/mol. The molecule has 0 bridgehead atoms. The van der Waals surface area contributed by atoms with Crippen LogP contribution in [0.3, 0.4) is 0 Å². The molecule has 0 aliphatic carbocycles. The second kappa shape index (κ2) is 9.40. The Morgan fingerprint density at radius 1 is 1.06 bits per heavy atom. The Balaban J connectivity index is 1.78. The summed E-state index contributed by atoms with van der Waals surface area (Å²) < 4.78 is 2.14. The topological polar surface area (TPSA) is 29.9 Å². The SMILES string of the molecule is CCCCCCNCCCCn1ccnc1. The minimum absolute atomic E-state index is 1.09. The van der Waals surface area contributed by atoms with E-state index in [1.54, 1.807) is 0 Å². The Kier molecular flexibility index (Phi) is 7.78. The Morgan fingerprint density at radius 3 is 2.56 bits per heavy atom. The van der Waals surface area contributed by atoms with E-state index in [4.69, 9.17) is 0 Å². The second-order valence-corrected chi connectivity index (χ2v) is 4.32. The largest absolute Gasteiger partial charge is 0.337 e. The fourth-order valence-corrected chi connectivity index (χ4v) is 1.77. The van der Waals surface area contributed by atoms with Crippen LogP contribution < -0.4 is 5.32 Å². The van der Waals surface area contributed by atoms with Crippen molar-refractivity contribution in [3.05, 3.63) is 18.7 Å². The molecule has 16 heavy (non-hydrogen) atoms. The zero-order chi connectivity index (χ0) is 11.5. The molecule has 0 aromatic carbocycles. The van der Waals surface area contributed by atoms with Crippen molar-refractivity contribution < 1.29 is 0 Å². The first kappa shape index (κ1) is 13.2. The number of rotatable bonds is 10. The summed E-state index contributed by atoms with van der Waals surface area (Å²) in [5.41, 5.74) is 0. The quantitative estimate of drug-likeness (QED) is 0.618. The van der Waals surface area contributed by atoms with Crippen molar-refractivity contribution in [1.29, 1.82) is 0 Å². The summed E-state index contributed by atoms with van der Waals surface area (Å²) in [6.07, 6.45) is 13.6. The van der Waals surface area contributed by atoms with E-state index < -0.39 is 0 Å². The summed E-state index contributed by atoms with van der Waals surface area (Å²) in [6, 6.07) is 0. The molecule has 3 heteroatoms. The minimum Gasteiger partial charge on any atom is -0.337 e. The summed E-state index contributed by atoms with van der Waals surface area (Å²) in [5.74, 6) is 0. The third kappa shape index (κ3) is 6.62. The number of imidazole rings is 1. The van der Waals surface area contributed by atoms with Gasteiger partial charge in [-0.3, -0.25) is 0 Å². The van der Waals surface area contributed by atoms with E-state index in [0.29, 0.717) is 0 Å². The maximum Gasteiger partial charge on any atom is 0.0945 e. The molecule has 1 N–H and O–H groups in total. The van der Waals surface area contributed by atoms with Crippen LogP contribution >= 0.6 is 0 Å². The second-order valence-electron chi connectivity index (χ2n) is 4.32. The van der Waals surface area contributed by atoms with Gasteiger partial charge in [0.15, 0.2) is 0 Å². The monoisotopic (exact) mass is 223 g/mol. The predicted octanol–water partition coefficient (Wildman–Crippen LogP) is 2.83. The normalized spacial score (nSPS) is 10.8. The van der Waals surface area contributed by atoms with Gasteiger partial charge >= 0.3 is 0 Å². The van der Waals surface area contributed by atoms with Crippen molar-refractivity contribution in [2.45, 2.75) is 52.0 Å². The number of hydrogen-bond acceptors (Lipinski definition) is 2. The maximum atomic E-state index is 4.03. The number of aromatic nitrogens is 2. The molecule has 1 aromatic heterocycles. The highest BCUT2D eigenvalue weighted by Gasteiger charge is 1.91. The summed E-state index contributed by atoms with van der Waals surface area (Å²) in [7, 11) is 0. The molecule has 0 aliphatic rings. The minimum atomic E-state index is 1.09. The van der Waals surface area contributed by atoms with E-state index in [0.717, 1.165) is 13.1 Å². The standard InChI is InChI=1S/C13H25N3/c1-2-3-4-5-8-14-9-6-7-11-16-12-10-15-13-16/h10,12-14H,2-9,11H2,1H3. The molecule has 3 nitrogen and oxygen atoms in total. The van der Waals surface area contributed by atoms with Gasteiger partial charge in [0, 0.05) is 18.9 Å². The fourth-order valence-electron chi connectivity index (χ4n) is 1.77. The first-order chi connectivity index (χ1) is 7.93. The van der Waals surface area contributed by atoms with Crippen LogP contribution in [0.15, 0.2) is 18.7 Å². The van der Waals surface area contributed by atoms with Crippen molar-refractivity contribution in [1.82, 2.24) is 14.9 Å². The number of unbranched alkanes of at least 4 members (excludes halogenated alkanes) is 4. The lowest BCUT2D eigenvalue weighted by Gasteiger charge is -2.05. The first-order valence-electron chi connectivity index (χ1n) is 6.60. The van der Waals surface area contributed by atoms with Crippen LogP contribution in [0.2, 0.25) is 0 Å². The molecule has 0 saturated carbocycles. The van der Waals surface area contributed by atoms with Crippen LogP contribution in [-0.2, 0) is 6.54 Å². The van der Waals surface area contributed by atoms with E-state index in [9.17, 15) is 0 Å². The third-order valence-corrected chi connectivity index (χ3v) is 2.79. The molecule has 0 amide bonds. The van der Waals surface area contributed by atoms with Crippen LogP contribution in [0.5, 0.6) is 0 Å². The van der Waals surface area contributed by atoms with Gasteiger partial charge in [0.2, 0.25) is 0 Å². The van der Waals surface area contributed by atoms with Gasteiger partial charge in [-0.2, -0.15) is 0 Å². The van der Waals surface area contributed by atoms with Crippen molar-refractivity contribution in [3.8, 4) is 0 Å². The molecule has 0 radical (unpaired) electrons. The van der Waals surface area contributed by atoms with Crippen LogP contribution in [0, 0.1) is 0 Å². The Labute approximate surface area is 99.3 Å². The molecule has 0 unspecified atom stereocenters. The van der Waals surface area contributed by atoms with E-state index in [2.05, 4.69) is 21.8 Å². The van der Waals surface area contributed by atoms with Gasteiger partial charge in [-0.25, -0.2) is 4.98 Å². The molecule has 92 valence electrons. The van der Waals surface area contributed by atoms with E-state index >= 15 is 0 Å². The van der Waals surface area contributed by atoms with Gasteiger partial charge < -0.3 is 9.88 Å². The number of nitrogens with zero attached hydrogens (tertiary/aromatic N) is 2. The van der Waals surface area contributed by atoms with Crippen LogP contribution in [-0.4, -0.2) is 22.6 Å². The third-order valence-electron chi connectivity index (χ3n) is 2.79. The highest BCUT2D eigenvalue weighted by Crippen LogP contribution is 1.97. The van der Waals surface area contributed by atoms with Gasteiger partial charge in [-0.05, 0) is 32.4 Å². The summed E-state index contributed by atoms with van der Waals surface area (Å²) in [5, 5.41) is 3.50. The van der Waals surface area contributed by atoms with E-state index in [-0.39, 0.29) is 0 Å². The van der Waals surface area contributed by atoms with E-state index in [1.165, 1.54) is 45.1 Å². The van der Waals surface area contributed by atoms with Crippen LogP contribution in [0.25, 0.3) is 0 Å². The van der Waals surface area contributed by atoms with Gasteiger partial charge in [0.25, 0.3) is 0 Å². The molecule has 0 spiro atoms. The van der Waals surface area contributed by atoms with Crippen molar-refractivity contribution in [3.63, 3.8) is 0 Å². The Bertz CT molecular complexity index is 231. The molecule has 0 atom stereocenters. The number of nitrogens with one attached hydrogen (secondary N) is 1. The Morgan fingerprint density at radius 2 is 1.88 bits per heavy atom. The molecule has 1 heterocycles. The maximum absolute atomic E-state index is 4.03. The van der Waals surface area contributed by atoms with Gasteiger partial charge in [0.05, 0.1) is 6.33 Å². The average molecular weight is 223 g/mol. The Hall–Kier alpha value is -0.830. The molecule has 1 rings (SSSR count). The molecular weight excluding hydrogens is 198 g/mol. The van der Waals surface area contributed by atoms with E-state index in [1.807, 2.05) is 18.7 Å². The van der Waals surface area contributed by atoms with Crippen molar-refractivity contribution in [2.24, 2.45) is 0 Å². The lowest BCUT2D eigenvalue weighted by atomic mass is 10.2. The average Bonchev–Trinajstić information content (AvgIpc) is 2.80. The van der Waals surface area contributed by atoms with Gasteiger partial charge in [-0.15, -0.1) is 0 Å².